The summed E-state index contributed by atoms with van der Waals surface area (Å²) in [4.78, 5) is 14.3. The van der Waals surface area contributed by atoms with Crippen LogP contribution in [0.25, 0.3) is 0 Å². The molecule has 0 spiro atoms. The predicted octanol–water partition coefficient (Wildman–Crippen LogP) is 1.39. The van der Waals surface area contributed by atoms with Gasteiger partial charge in [0.05, 0.1) is 6.10 Å². The van der Waals surface area contributed by atoms with Crippen LogP contribution in [0, 0.1) is 5.92 Å². The Labute approximate surface area is 104 Å². The molecular weight excluding hydrogens is 216 g/mol. The first kappa shape index (κ1) is 14.5. The quantitative estimate of drug-likeness (QED) is 0.792. The minimum Gasteiger partial charge on any atom is -0.381 e. The second-order valence-electron chi connectivity index (χ2n) is 4.82. The third-order valence-corrected chi connectivity index (χ3v) is 3.89. The Hall–Kier alpha value is -0.610. The minimum atomic E-state index is 0.154. The zero-order valence-electron chi connectivity index (χ0n) is 11.3. The summed E-state index contributed by atoms with van der Waals surface area (Å²) in [5.74, 6) is 0.433. The van der Waals surface area contributed by atoms with Crippen LogP contribution < -0.4 is 5.73 Å². The first-order valence-electron chi connectivity index (χ1n) is 6.71. The lowest BCUT2D eigenvalue weighted by atomic mass is 9.95. The van der Waals surface area contributed by atoms with Crippen LogP contribution in [0.15, 0.2) is 0 Å². The average Bonchev–Trinajstić information content (AvgIpc) is 2.39. The normalized spacial score (nSPS) is 25.4. The van der Waals surface area contributed by atoms with E-state index in [1.807, 2.05) is 4.90 Å². The zero-order chi connectivity index (χ0) is 12.8. The molecule has 1 aliphatic heterocycles. The maximum absolute atomic E-state index is 12.4. The molecule has 17 heavy (non-hydrogen) atoms. The van der Waals surface area contributed by atoms with Crippen molar-refractivity contribution in [2.75, 3.05) is 20.2 Å². The van der Waals surface area contributed by atoms with E-state index in [1.54, 1.807) is 7.11 Å². The van der Waals surface area contributed by atoms with Crippen molar-refractivity contribution in [2.45, 2.75) is 51.7 Å². The summed E-state index contributed by atoms with van der Waals surface area (Å²) in [7, 11) is 1.73. The predicted molar refractivity (Wildman–Crippen MR) is 68.7 cm³/mol. The number of nitrogens with two attached hydrogens (primary N) is 1. The van der Waals surface area contributed by atoms with Gasteiger partial charge in [-0.05, 0) is 25.7 Å². The smallest absolute Gasteiger partial charge is 0.225 e. The molecule has 0 aliphatic carbocycles. The van der Waals surface area contributed by atoms with Gasteiger partial charge in [-0.1, -0.05) is 13.8 Å². The van der Waals surface area contributed by atoms with Gasteiger partial charge in [-0.2, -0.15) is 0 Å². The molecule has 2 N–H and O–H groups in total. The van der Waals surface area contributed by atoms with Gasteiger partial charge in [0.15, 0.2) is 0 Å². The zero-order valence-corrected chi connectivity index (χ0v) is 11.3. The molecule has 0 aromatic carbocycles. The highest BCUT2D eigenvalue weighted by Crippen LogP contribution is 2.23. The van der Waals surface area contributed by atoms with E-state index in [0.717, 1.165) is 32.2 Å². The number of hydrogen-bond acceptors (Lipinski definition) is 3. The lowest BCUT2D eigenvalue weighted by molar-refractivity contribution is -0.141. The third-order valence-electron chi connectivity index (χ3n) is 3.89. The summed E-state index contributed by atoms with van der Waals surface area (Å²) in [6.45, 7) is 5.47. The van der Waals surface area contributed by atoms with Gasteiger partial charge in [0.1, 0.15) is 0 Å². The molecule has 100 valence electrons. The molecule has 1 heterocycles. The molecule has 2 unspecified atom stereocenters. The second-order valence-corrected chi connectivity index (χ2v) is 4.82. The van der Waals surface area contributed by atoms with E-state index in [4.69, 9.17) is 10.5 Å². The molecule has 1 amide bonds. The monoisotopic (exact) mass is 242 g/mol. The SMILES string of the molecule is CCC(CC)C(=O)N1CCC(OC)CC1CN. The first-order valence-corrected chi connectivity index (χ1v) is 6.71. The Kier molecular flexibility index (Phi) is 5.92. The van der Waals surface area contributed by atoms with Crippen LogP contribution in [0.3, 0.4) is 0 Å². The van der Waals surface area contributed by atoms with Gasteiger partial charge in [0.2, 0.25) is 5.91 Å². The maximum atomic E-state index is 12.4. The lowest BCUT2D eigenvalue weighted by Gasteiger charge is -2.40. The summed E-state index contributed by atoms with van der Waals surface area (Å²) in [5, 5.41) is 0. The number of amides is 1. The van der Waals surface area contributed by atoms with Crippen LogP contribution in [0.5, 0.6) is 0 Å². The summed E-state index contributed by atoms with van der Waals surface area (Å²) in [5.41, 5.74) is 5.78. The van der Waals surface area contributed by atoms with Crippen molar-refractivity contribution >= 4 is 5.91 Å². The Morgan fingerprint density at radius 1 is 1.47 bits per heavy atom. The van der Waals surface area contributed by atoms with E-state index in [-0.39, 0.29) is 24.0 Å². The van der Waals surface area contributed by atoms with Crippen molar-refractivity contribution in [3.63, 3.8) is 0 Å². The summed E-state index contributed by atoms with van der Waals surface area (Å²) < 4.78 is 5.37. The van der Waals surface area contributed by atoms with Crippen molar-refractivity contribution in [1.29, 1.82) is 0 Å². The summed E-state index contributed by atoms with van der Waals surface area (Å²) in [6, 6.07) is 0.154. The fraction of sp³-hybridized carbons (Fsp3) is 0.923. The second kappa shape index (κ2) is 6.97. The molecule has 4 nitrogen and oxygen atoms in total. The highest BCUT2D eigenvalue weighted by Gasteiger charge is 2.32. The fourth-order valence-electron chi connectivity index (χ4n) is 2.61. The van der Waals surface area contributed by atoms with Gasteiger partial charge in [0, 0.05) is 32.2 Å². The maximum Gasteiger partial charge on any atom is 0.225 e. The van der Waals surface area contributed by atoms with Gasteiger partial charge >= 0.3 is 0 Å². The number of carbonyl (C=O) groups is 1. The van der Waals surface area contributed by atoms with Crippen molar-refractivity contribution in [3.05, 3.63) is 0 Å². The molecule has 0 aromatic heterocycles. The topological polar surface area (TPSA) is 55.6 Å². The number of carbonyl (C=O) groups excluding carboxylic acids is 1. The first-order chi connectivity index (χ1) is 8.17. The van der Waals surface area contributed by atoms with Crippen molar-refractivity contribution in [2.24, 2.45) is 11.7 Å². The highest BCUT2D eigenvalue weighted by molar-refractivity contribution is 5.79. The van der Waals surface area contributed by atoms with E-state index in [1.165, 1.54) is 0 Å². The van der Waals surface area contributed by atoms with E-state index in [0.29, 0.717) is 6.54 Å². The molecule has 0 radical (unpaired) electrons. The van der Waals surface area contributed by atoms with E-state index in [2.05, 4.69) is 13.8 Å². The van der Waals surface area contributed by atoms with Crippen LogP contribution >= 0.6 is 0 Å². The largest absolute Gasteiger partial charge is 0.381 e. The van der Waals surface area contributed by atoms with Gasteiger partial charge in [-0.3, -0.25) is 4.79 Å². The van der Waals surface area contributed by atoms with Crippen molar-refractivity contribution in [3.8, 4) is 0 Å². The van der Waals surface area contributed by atoms with Crippen LogP contribution in [-0.2, 0) is 9.53 Å². The summed E-state index contributed by atoms with van der Waals surface area (Å²) >= 11 is 0. The van der Waals surface area contributed by atoms with E-state index < -0.39 is 0 Å². The Bertz CT molecular complexity index is 242. The Morgan fingerprint density at radius 2 is 2.12 bits per heavy atom. The molecule has 0 bridgehead atoms. The third kappa shape index (κ3) is 3.42. The van der Waals surface area contributed by atoms with Gasteiger partial charge < -0.3 is 15.4 Å². The molecule has 2 atom stereocenters. The Balaban J connectivity index is 2.66. The van der Waals surface area contributed by atoms with Crippen LogP contribution in [0.4, 0.5) is 0 Å². The van der Waals surface area contributed by atoms with Gasteiger partial charge in [0.25, 0.3) is 0 Å². The van der Waals surface area contributed by atoms with Gasteiger partial charge in [-0.15, -0.1) is 0 Å². The molecular formula is C13H26N2O2. The number of rotatable bonds is 5. The molecule has 1 rings (SSSR count). The van der Waals surface area contributed by atoms with E-state index >= 15 is 0 Å². The van der Waals surface area contributed by atoms with Gasteiger partial charge in [-0.25, -0.2) is 0 Å². The Morgan fingerprint density at radius 3 is 2.59 bits per heavy atom. The number of hydrogen-bond donors (Lipinski definition) is 1. The molecule has 1 saturated heterocycles. The van der Waals surface area contributed by atoms with Crippen LogP contribution in [0.2, 0.25) is 0 Å². The minimum absolute atomic E-state index is 0.154. The standard InChI is InChI=1S/C13H26N2O2/c1-4-10(5-2)13(16)15-7-6-12(17-3)8-11(15)9-14/h10-12H,4-9,14H2,1-3H3. The average molecular weight is 242 g/mol. The number of methoxy groups -OCH3 is 1. The molecule has 1 aliphatic rings. The fourth-order valence-corrected chi connectivity index (χ4v) is 2.61. The molecule has 0 saturated carbocycles. The van der Waals surface area contributed by atoms with Crippen molar-refractivity contribution in [1.82, 2.24) is 4.90 Å². The number of ether oxygens (including phenoxy) is 1. The van der Waals surface area contributed by atoms with Crippen molar-refractivity contribution < 1.29 is 9.53 Å². The van der Waals surface area contributed by atoms with E-state index in [9.17, 15) is 4.79 Å². The van der Waals surface area contributed by atoms with Crippen LogP contribution in [-0.4, -0.2) is 43.2 Å². The molecule has 4 heteroatoms. The number of likely N-dealkylation sites (tertiary alicyclic amines) is 1. The number of piperidine rings is 1. The van der Waals surface area contributed by atoms with Crippen LogP contribution in [0.1, 0.15) is 39.5 Å². The summed E-state index contributed by atoms with van der Waals surface area (Å²) in [6.07, 6.45) is 3.89. The lowest BCUT2D eigenvalue weighted by Crippen LogP contribution is -2.52. The number of nitrogens with zero attached hydrogens (tertiary/aromatic N) is 1. The highest BCUT2D eigenvalue weighted by atomic mass is 16.5. The molecule has 1 fully saturated rings. The molecule has 0 aromatic rings.